The predicted molar refractivity (Wildman–Crippen MR) is 85.2 cm³/mol. The smallest absolute Gasteiger partial charge is 0.306 e. The Morgan fingerprint density at radius 2 is 2.17 bits per heavy atom. The molecular formula is C13H15FN6O3S. The van der Waals surface area contributed by atoms with Gasteiger partial charge in [0.15, 0.2) is 0 Å². The van der Waals surface area contributed by atoms with Crippen LogP contribution in [0.1, 0.15) is 20.8 Å². The summed E-state index contributed by atoms with van der Waals surface area (Å²) in [5.41, 5.74) is -0.888. The fourth-order valence-corrected chi connectivity index (χ4v) is 2.61. The van der Waals surface area contributed by atoms with Crippen LogP contribution in [-0.4, -0.2) is 36.8 Å². The molecule has 1 aromatic carbocycles. The van der Waals surface area contributed by atoms with Crippen molar-refractivity contribution in [2.45, 2.75) is 31.5 Å². The molecule has 1 aromatic heterocycles. The molecule has 0 fully saturated rings. The molecule has 0 aliphatic heterocycles. The number of hydrogen-bond acceptors (Lipinski definition) is 7. The highest BCUT2D eigenvalue weighted by molar-refractivity contribution is 7.99. The molecule has 128 valence electrons. The number of carbonyl (C=O) groups excluding carboxylic acids is 1. The third-order valence-corrected chi connectivity index (χ3v) is 3.75. The van der Waals surface area contributed by atoms with E-state index in [0.717, 1.165) is 23.9 Å². The van der Waals surface area contributed by atoms with E-state index in [1.165, 1.54) is 6.07 Å². The van der Waals surface area contributed by atoms with Gasteiger partial charge in [0.2, 0.25) is 16.9 Å². The summed E-state index contributed by atoms with van der Waals surface area (Å²) in [6.07, 6.45) is 0. The van der Waals surface area contributed by atoms with Crippen LogP contribution in [0.4, 0.5) is 15.8 Å². The molecule has 0 bridgehead atoms. The molecule has 0 unspecified atom stereocenters. The second kappa shape index (κ2) is 6.91. The zero-order chi connectivity index (χ0) is 17.9. The summed E-state index contributed by atoms with van der Waals surface area (Å²) in [6.45, 7) is 5.77. The Labute approximate surface area is 140 Å². The lowest BCUT2D eigenvalue weighted by molar-refractivity contribution is -0.387. The van der Waals surface area contributed by atoms with E-state index in [1.54, 1.807) is 4.68 Å². The number of carbonyl (C=O) groups is 1. The van der Waals surface area contributed by atoms with E-state index in [2.05, 4.69) is 20.8 Å². The first-order valence-electron chi connectivity index (χ1n) is 6.84. The summed E-state index contributed by atoms with van der Waals surface area (Å²) < 4.78 is 14.9. The van der Waals surface area contributed by atoms with Crippen LogP contribution in [0.15, 0.2) is 23.4 Å². The maximum atomic E-state index is 13.3. The van der Waals surface area contributed by atoms with E-state index in [1.807, 2.05) is 20.8 Å². The highest BCUT2D eigenvalue weighted by Gasteiger charge is 2.21. The first kappa shape index (κ1) is 17.8. The molecule has 0 radical (unpaired) electrons. The van der Waals surface area contributed by atoms with Crippen LogP contribution in [0.5, 0.6) is 0 Å². The monoisotopic (exact) mass is 354 g/mol. The van der Waals surface area contributed by atoms with Crippen LogP contribution in [0.25, 0.3) is 0 Å². The Morgan fingerprint density at radius 1 is 1.46 bits per heavy atom. The van der Waals surface area contributed by atoms with Gasteiger partial charge in [0.1, 0.15) is 0 Å². The van der Waals surface area contributed by atoms with Gasteiger partial charge in [0.25, 0.3) is 0 Å². The first-order valence-corrected chi connectivity index (χ1v) is 7.82. The summed E-state index contributed by atoms with van der Waals surface area (Å²) >= 11 is 1.13. The van der Waals surface area contributed by atoms with Gasteiger partial charge in [-0.15, -0.1) is 5.10 Å². The average Bonchev–Trinajstić information content (AvgIpc) is 2.95. The van der Waals surface area contributed by atoms with Crippen LogP contribution in [0.2, 0.25) is 0 Å². The third kappa shape index (κ3) is 4.25. The van der Waals surface area contributed by atoms with E-state index in [0.29, 0.717) is 5.16 Å². The van der Waals surface area contributed by atoms with E-state index < -0.39 is 22.3 Å². The molecule has 0 saturated heterocycles. The summed E-state index contributed by atoms with van der Waals surface area (Å²) in [7, 11) is 0. The van der Waals surface area contributed by atoms with Gasteiger partial charge in [0.05, 0.1) is 16.2 Å². The van der Waals surface area contributed by atoms with Crippen molar-refractivity contribution in [2.24, 2.45) is 0 Å². The Balaban J connectivity index is 2.01. The molecule has 24 heavy (non-hydrogen) atoms. The Morgan fingerprint density at radius 3 is 2.79 bits per heavy atom. The van der Waals surface area contributed by atoms with E-state index in [-0.39, 0.29) is 17.0 Å². The van der Waals surface area contributed by atoms with Gasteiger partial charge in [0, 0.05) is 11.8 Å². The second-order valence-electron chi connectivity index (χ2n) is 5.80. The van der Waals surface area contributed by atoms with Crippen molar-refractivity contribution in [1.82, 2.24) is 20.2 Å². The number of nitrogens with one attached hydrogen (secondary N) is 1. The maximum absolute atomic E-state index is 13.3. The van der Waals surface area contributed by atoms with Crippen LogP contribution in [0, 0.1) is 15.9 Å². The van der Waals surface area contributed by atoms with Crippen molar-refractivity contribution in [3.05, 3.63) is 34.1 Å². The summed E-state index contributed by atoms with van der Waals surface area (Å²) in [5, 5.41) is 25.0. The predicted octanol–water partition coefficient (Wildman–Crippen LogP) is 2.21. The van der Waals surface area contributed by atoms with Crippen molar-refractivity contribution < 1.29 is 14.1 Å². The highest BCUT2D eigenvalue weighted by Crippen LogP contribution is 2.23. The second-order valence-corrected chi connectivity index (χ2v) is 6.75. The largest absolute Gasteiger partial charge is 0.325 e. The molecule has 1 amide bonds. The van der Waals surface area contributed by atoms with Gasteiger partial charge in [-0.05, 0) is 43.3 Å². The zero-order valence-corrected chi connectivity index (χ0v) is 14.0. The average molecular weight is 354 g/mol. The standard InChI is InChI=1S/C13H15FN6O3S/c1-13(2,3)19-12(16-17-18-19)24-7-11(21)15-8-4-5-9(14)10(6-8)20(22)23/h4-6H,7H2,1-3H3,(H,15,21). The lowest BCUT2D eigenvalue weighted by Gasteiger charge is -2.19. The van der Waals surface area contributed by atoms with Gasteiger partial charge in [-0.2, -0.15) is 4.39 Å². The Bertz CT molecular complexity index is 773. The van der Waals surface area contributed by atoms with Crippen molar-refractivity contribution in [3.8, 4) is 0 Å². The molecule has 0 aliphatic carbocycles. The summed E-state index contributed by atoms with van der Waals surface area (Å²) in [6, 6.07) is 3.16. The Hall–Kier alpha value is -2.56. The number of hydrogen-bond donors (Lipinski definition) is 1. The van der Waals surface area contributed by atoms with Crippen molar-refractivity contribution in [3.63, 3.8) is 0 Å². The molecule has 2 rings (SSSR count). The van der Waals surface area contributed by atoms with E-state index in [4.69, 9.17) is 0 Å². The molecule has 9 nitrogen and oxygen atoms in total. The topological polar surface area (TPSA) is 116 Å². The van der Waals surface area contributed by atoms with Gasteiger partial charge < -0.3 is 5.32 Å². The van der Waals surface area contributed by atoms with Gasteiger partial charge in [-0.3, -0.25) is 14.9 Å². The number of tetrazole rings is 1. The van der Waals surface area contributed by atoms with E-state index in [9.17, 15) is 19.3 Å². The first-order chi connectivity index (χ1) is 11.2. The Kier molecular flexibility index (Phi) is 5.12. The van der Waals surface area contributed by atoms with Crippen LogP contribution < -0.4 is 5.32 Å². The number of nitrogens with zero attached hydrogens (tertiary/aromatic N) is 5. The molecule has 0 spiro atoms. The number of nitro benzene ring substituents is 1. The van der Waals surface area contributed by atoms with Crippen molar-refractivity contribution in [2.75, 3.05) is 11.1 Å². The molecular weight excluding hydrogens is 339 g/mol. The minimum atomic E-state index is -0.961. The fraction of sp³-hybridized carbons (Fsp3) is 0.385. The fourth-order valence-electron chi connectivity index (χ4n) is 1.75. The minimum Gasteiger partial charge on any atom is -0.325 e. The number of benzene rings is 1. The SMILES string of the molecule is CC(C)(C)n1nnnc1SCC(=O)Nc1ccc(F)c([N+](=O)[O-])c1. The number of rotatable bonds is 5. The lowest BCUT2D eigenvalue weighted by atomic mass is 10.1. The molecule has 1 N–H and O–H groups in total. The van der Waals surface area contributed by atoms with Crippen molar-refractivity contribution >= 4 is 29.0 Å². The van der Waals surface area contributed by atoms with Crippen LogP contribution in [-0.2, 0) is 10.3 Å². The molecule has 1 heterocycles. The van der Waals surface area contributed by atoms with Gasteiger partial charge in [-0.25, -0.2) is 4.68 Å². The van der Waals surface area contributed by atoms with Crippen LogP contribution >= 0.6 is 11.8 Å². The molecule has 11 heteroatoms. The molecule has 0 aliphatic rings. The molecule has 2 aromatic rings. The van der Waals surface area contributed by atoms with Crippen LogP contribution in [0.3, 0.4) is 0 Å². The number of halogens is 1. The maximum Gasteiger partial charge on any atom is 0.306 e. The third-order valence-electron chi connectivity index (χ3n) is 2.84. The lowest BCUT2D eigenvalue weighted by Crippen LogP contribution is -2.24. The van der Waals surface area contributed by atoms with Gasteiger partial charge in [-0.1, -0.05) is 11.8 Å². The highest BCUT2D eigenvalue weighted by atomic mass is 32.2. The normalized spacial score (nSPS) is 11.3. The number of aromatic nitrogens is 4. The number of nitro groups is 1. The molecule has 0 atom stereocenters. The zero-order valence-electron chi connectivity index (χ0n) is 13.2. The number of amides is 1. The summed E-state index contributed by atoms with van der Waals surface area (Å²) in [4.78, 5) is 21.8. The summed E-state index contributed by atoms with van der Waals surface area (Å²) in [5.74, 6) is -1.37. The number of anilines is 1. The quantitative estimate of drug-likeness (QED) is 0.497. The number of thioether (sulfide) groups is 1. The van der Waals surface area contributed by atoms with Gasteiger partial charge >= 0.3 is 5.69 Å². The minimum absolute atomic E-state index is 0.00161. The van der Waals surface area contributed by atoms with Crippen molar-refractivity contribution in [1.29, 1.82) is 0 Å². The van der Waals surface area contributed by atoms with E-state index >= 15 is 0 Å². The molecule has 0 saturated carbocycles.